The lowest BCUT2D eigenvalue weighted by Crippen LogP contribution is -2.48. The zero-order valence-electron chi connectivity index (χ0n) is 10.7. The Kier molecular flexibility index (Phi) is 3.37. The molecule has 4 nitrogen and oxygen atoms in total. The Balaban J connectivity index is 1.96. The lowest BCUT2D eigenvalue weighted by Gasteiger charge is -2.37. The van der Waals surface area contributed by atoms with E-state index in [1.165, 1.54) is 0 Å². The van der Waals surface area contributed by atoms with Crippen molar-refractivity contribution in [3.63, 3.8) is 0 Å². The van der Waals surface area contributed by atoms with Gasteiger partial charge in [0.25, 0.3) is 0 Å². The quantitative estimate of drug-likeness (QED) is 0.834. The van der Waals surface area contributed by atoms with Crippen molar-refractivity contribution in [1.29, 1.82) is 0 Å². The fourth-order valence-electron chi connectivity index (χ4n) is 2.98. The van der Waals surface area contributed by atoms with Crippen molar-refractivity contribution in [3.8, 4) is 0 Å². The van der Waals surface area contributed by atoms with Crippen molar-refractivity contribution in [2.24, 2.45) is 0 Å². The highest BCUT2D eigenvalue weighted by molar-refractivity contribution is 7.92. The summed E-state index contributed by atoms with van der Waals surface area (Å²) in [5, 5.41) is -0.581. The van der Waals surface area contributed by atoms with E-state index in [9.17, 15) is 8.42 Å². The van der Waals surface area contributed by atoms with E-state index in [0.29, 0.717) is 31.0 Å². The zero-order chi connectivity index (χ0) is 13.3. The second-order valence-corrected chi connectivity index (χ2v) is 7.23. The Bertz CT molecular complexity index is 532. The van der Waals surface area contributed by atoms with Gasteiger partial charge in [-0.2, -0.15) is 0 Å². The van der Waals surface area contributed by atoms with Crippen LogP contribution in [0, 0.1) is 0 Å². The summed E-state index contributed by atoms with van der Waals surface area (Å²) in [6.45, 7) is 1.04. The van der Waals surface area contributed by atoms with Crippen molar-refractivity contribution in [2.45, 2.75) is 41.6 Å². The van der Waals surface area contributed by atoms with E-state index in [1.54, 1.807) is 24.3 Å². The molecule has 0 bridgehead atoms. The highest BCUT2D eigenvalue weighted by Gasteiger charge is 2.53. The van der Waals surface area contributed by atoms with Crippen molar-refractivity contribution < 1.29 is 17.9 Å². The summed E-state index contributed by atoms with van der Waals surface area (Å²) in [6.07, 6.45) is 3.12. The summed E-state index contributed by atoms with van der Waals surface area (Å²) >= 11 is 0. The van der Waals surface area contributed by atoms with Crippen molar-refractivity contribution in [1.82, 2.24) is 0 Å². The summed E-state index contributed by atoms with van der Waals surface area (Å²) in [7, 11) is -3.40. The Morgan fingerprint density at radius 1 is 1.05 bits per heavy atom. The van der Waals surface area contributed by atoms with Crippen LogP contribution in [0.2, 0.25) is 0 Å². The van der Waals surface area contributed by atoms with Crippen LogP contribution in [0.4, 0.5) is 0 Å². The summed E-state index contributed by atoms with van der Waals surface area (Å²) < 4.78 is 36.9. The fraction of sp³-hybridized carbons (Fsp3) is 0.571. The third-order valence-corrected chi connectivity index (χ3v) is 6.20. The first-order chi connectivity index (χ1) is 9.15. The third-order valence-electron chi connectivity index (χ3n) is 3.93. The van der Waals surface area contributed by atoms with E-state index >= 15 is 0 Å². The van der Waals surface area contributed by atoms with Crippen LogP contribution in [0.5, 0.6) is 0 Å². The minimum atomic E-state index is -3.40. The van der Waals surface area contributed by atoms with Crippen LogP contribution >= 0.6 is 0 Å². The molecule has 2 aliphatic rings. The van der Waals surface area contributed by atoms with E-state index in [-0.39, 0.29) is 0 Å². The van der Waals surface area contributed by atoms with Crippen LogP contribution in [0.15, 0.2) is 35.2 Å². The number of rotatable bonds is 2. The molecule has 1 unspecified atom stereocenters. The van der Waals surface area contributed by atoms with Gasteiger partial charge in [-0.15, -0.1) is 0 Å². The van der Waals surface area contributed by atoms with Crippen LogP contribution in [0.1, 0.15) is 25.7 Å². The Hall–Kier alpha value is -0.910. The van der Waals surface area contributed by atoms with Gasteiger partial charge in [0.15, 0.2) is 15.6 Å². The predicted octanol–water partition coefficient (Wildman–Crippen LogP) is 2.15. The molecule has 1 aromatic rings. The molecule has 0 aliphatic carbocycles. The SMILES string of the molecule is O=S(=O)(c1ccccc1)[C@H]1CCOC12CCCCO2. The second-order valence-electron chi connectivity index (χ2n) is 5.10. The van der Waals surface area contributed by atoms with Crippen LogP contribution in [0.25, 0.3) is 0 Å². The summed E-state index contributed by atoms with van der Waals surface area (Å²) in [4.78, 5) is 0.360. The van der Waals surface area contributed by atoms with E-state index in [2.05, 4.69) is 0 Å². The third kappa shape index (κ3) is 2.20. The molecule has 1 spiro atoms. The average molecular weight is 282 g/mol. The van der Waals surface area contributed by atoms with Gasteiger partial charge >= 0.3 is 0 Å². The van der Waals surface area contributed by atoms with Crippen molar-refractivity contribution in [2.75, 3.05) is 13.2 Å². The average Bonchev–Trinajstić information content (AvgIpc) is 2.84. The molecule has 2 saturated heterocycles. The van der Waals surface area contributed by atoms with E-state index in [1.807, 2.05) is 6.07 Å². The number of hydrogen-bond donors (Lipinski definition) is 0. The molecule has 2 aliphatic heterocycles. The number of sulfone groups is 1. The normalized spacial score (nSPS) is 31.7. The maximum Gasteiger partial charge on any atom is 0.186 e. The standard InChI is InChI=1S/C14H18O4S/c15-19(16,12-6-2-1-3-7-12)13-8-11-18-14(13)9-4-5-10-17-14/h1-3,6-7,13H,4-5,8-11H2/t13-,14?/m0/s1. The second kappa shape index (κ2) is 4.89. The smallest absolute Gasteiger partial charge is 0.186 e. The molecule has 5 heteroatoms. The monoisotopic (exact) mass is 282 g/mol. The number of hydrogen-bond acceptors (Lipinski definition) is 4. The van der Waals surface area contributed by atoms with Gasteiger partial charge in [0.2, 0.25) is 0 Å². The maximum absolute atomic E-state index is 12.7. The highest BCUT2D eigenvalue weighted by atomic mass is 32.2. The van der Waals surface area contributed by atoms with Crippen LogP contribution in [-0.4, -0.2) is 32.7 Å². The van der Waals surface area contributed by atoms with Gasteiger partial charge in [-0.05, 0) is 31.4 Å². The molecule has 104 valence electrons. The predicted molar refractivity (Wildman–Crippen MR) is 70.5 cm³/mol. The van der Waals surface area contributed by atoms with E-state index < -0.39 is 20.9 Å². The number of benzene rings is 1. The minimum absolute atomic E-state index is 0.360. The topological polar surface area (TPSA) is 52.6 Å². The molecule has 0 amide bonds. The van der Waals surface area contributed by atoms with Gasteiger partial charge < -0.3 is 9.47 Å². The molecule has 2 atom stereocenters. The summed E-state index contributed by atoms with van der Waals surface area (Å²) in [5.74, 6) is -0.910. The van der Waals surface area contributed by atoms with E-state index in [4.69, 9.17) is 9.47 Å². The first-order valence-corrected chi connectivity index (χ1v) is 8.27. The molecule has 2 fully saturated rings. The Labute approximate surface area is 113 Å². The minimum Gasteiger partial charge on any atom is -0.349 e. The largest absolute Gasteiger partial charge is 0.349 e. The molecule has 0 radical (unpaired) electrons. The van der Waals surface area contributed by atoms with Gasteiger partial charge in [0, 0.05) is 6.42 Å². The van der Waals surface area contributed by atoms with Gasteiger partial charge in [0.05, 0.1) is 18.1 Å². The zero-order valence-corrected chi connectivity index (χ0v) is 11.6. The Morgan fingerprint density at radius 2 is 1.79 bits per heavy atom. The maximum atomic E-state index is 12.7. The molecule has 0 saturated carbocycles. The molecule has 19 heavy (non-hydrogen) atoms. The van der Waals surface area contributed by atoms with Crippen LogP contribution in [-0.2, 0) is 19.3 Å². The molecule has 0 N–H and O–H groups in total. The lowest BCUT2D eigenvalue weighted by molar-refractivity contribution is -0.227. The summed E-state index contributed by atoms with van der Waals surface area (Å²) in [5.41, 5.74) is 0. The highest BCUT2D eigenvalue weighted by Crippen LogP contribution is 2.41. The van der Waals surface area contributed by atoms with Gasteiger partial charge in [-0.3, -0.25) is 0 Å². The lowest BCUT2D eigenvalue weighted by atomic mass is 10.0. The molecule has 2 heterocycles. The fourth-order valence-corrected chi connectivity index (χ4v) is 4.97. The molecule has 1 aromatic carbocycles. The number of ether oxygens (including phenoxy) is 2. The van der Waals surface area contributed by atoms with Crippen LogP contribution < -0.4 is 0 Å². The van der Waals surface area contributed by atoms with Crippen molar-refractivity contribution >= 4 is 9.84 Å². The molecular formula is C14H18O4S. The van der Waals surface area contributed by atoms with Gasteiger partial charge in [0.1, 0.15) is 5.25 Å². The molecule has 0 aromatic heterocycles. The Morgan fingerprint density at radius 3 is 2.47 bits per heavy atom. The first-order valence-electron chi connectivity index (χ1n) is 6.72. The first kappa shape index (κ1) is 13.1. The van der Waals surface area contributed by atoms with Crippen molar-refractivity contribution in [3.05, 3.63) is 30.3 Å². The van der Waals surface area contributed by atoms with E-state index in [0.717, 1.165) is 12.8 Å². The van der Waals surface area contributed by atoms with Gasteiger partial charge in [-0.25, -0.2) is 8.42 Å². The summed E-state index contributed by atoms with van der Waals surface area (Å²) in [6, 6.07) is 8.60. The molecular weight excluding hydrogens is 264 g/mol. The van der Waals surface area contributed by atoms with Gasteiger partial charge in [-0.1, -0.05) is 18.2 Å². The van der Waals surface area contributed by atoms with Crippen LogP contribution in [0.3, 0.4) is 0 Å². The molecule has 3 rings (SSSR count).